The predicted octanol–water partition coefficient (Wildman–Crippen LogP) is 2.82. The van der Waals surface area contributed by atoms with Gasteiger partial charge in [0.15, 0.2) is 12.2 Å². The Bertz CT molecular complexity index is 964. The maximum atomic E-state index is 13.2. The molecule has 1 saturated heterocycles. The van der Waals surface area contributed by atoms with E-state index in [0.717, 1.165) is 22.6 Å². The van der Waals surface area contributed by atoms with Crippen LogP contribution in [0.4, 0.5) is 10.5 Å². The number of likely N-dealkylation sites (N-methyl/N-ethyl adjacent to an activating group) is 1. The predicted molar refractivity (Wildman–Crippen MR) is 109 cm³/mol. The highest BCUT2D eigenvalue weighted by atomic mass is 16.2. The molecule has 0 aromatic heterocycles. The van der Waals surface area contributed by atoms with Crippen molar-refractivity contribution in [1.82, 2.24) is 14.7 Å². The van der Waals surface area contributed by atoms with E-state index in [-0.39, 0.29) is 18.5 Å². The molecule has 3 heterocycles. The number of anilines is 1. The molecule has 3 amide bonds. The van der Waals surface area contributed by atoms with E-state index in [0.29, 0.717) is 5.96 Å². The van der Waals surface area contributed by atoms with Gasteiger partial charge in [-0.25, -0.2) is 9.79 Å². The topological polar surface area (TPSA) is 59.5 Å². The first-order valence-corrected chi connectivity index (χ1v) is 9.39. The van der Waals surface area contributed by atoms with Crippen molar-refractivity contribution in [2.24, 2.45) is 4.99 Å². The highest BCUT2D eigenvalue weighted by molar-refractivity contribution is 6.10. The van der Waals surface area contributed by atoms with E-state index in [1.54, 1.807) is 18.0 Å². The summed E-state index contributed by atoms with van der Waals surface area (Å²) < 4.78 is 0. The Labute approximate surface area is 165 Å². The fourth-order valence-electron chi connectivity index (χ4n) is 4.18. The van der Waals surface area contributed by atoms with Crippen LogP contribution in [0.15, 0.2) is 47.2 Å². The minimum atomic E-state index is -0.553. The summed E-state index contributed by atoms with van der Waals surface area (Å²) in [6.45, 7) is 12.1. The standard InChI is InChI=1S/C21H25N5O2/c1-7-11-24-19(27)17-18(23(6)21(24)28)22-20-25(14(4)15(5)26(17)20)16-10-8-9-12(2)13(16)3/h7-10,17-18H,1,11H2,2-6H3. The van der Waals surface area contributed by atoms with Crippen LogP contribution in [0, 0.1) is 13.8 Å². The molecule has 146 valence electrons. The van der Waals surface area contributed by atoms with Crippen LogP contribution in [-0.2, 0) is 4.79 Å². The molecular weight excluding hydrogens is 354 g/mol. The monoisotopic (exact) mass is 379 g/mol. The van der Waals surface area contributed by atoms with Gasteiger partial charge in [-0.05, 0) is 44.9 Å². The first kappa shape index (κ1) is 18.3. The first-order chi connectivity index (χ1) is 13.3. The summed E-state index contributed by atoms with van der Waals surface area (Å²) in [4.78, 5) is 37.5. The minimum absolute atomic E-state index is 0.191. The Balaban J connectivity index is 1.82. The molecule has 0 aliphatic carbocycles. The molecule has 28 heavy (non-hydrogen) atoms. The second-order valence-electron chi connectivity index (χ2n) is 7.51. The zero-order valence-electron chi connectivity index (χ0n) is 16.9. The average molecular weight is 379 g/mol. The van der Waals surface area contributed by atoms with Gasteiger partial charge in [0.1, 0.15) is 0 Å². The van der Waals surface area contributed by atoms with Gasteiger partial charge in [0.25, 0.3) is 5.91 Å². The smallest absolute Gasteiger partial charge is 0.302 e. The van der Waals surface area contributed by atoms with Gasteiger partial charge in [0.05, 0.1) is 5.69 Å². The third-order valence-corrected chi connectivity index (χ3v) is 6.02. The molecule has 0 radical (unpaired) electrons. The molecule has 1 aromatic rings. The number of aliphatic imine (C=N–C) groups is 1. The largest absolute Gasteiger partial charge is 0.328 e. The Hall–Kier alpha value is -3.09. The minimum Gasteiger partial charge on any atom is -0.302 e. The number of fused-ring (bicyclic) bond motifs is 3. The van der Waals surface area contributed by atoms with Gasteiger partial charge in [0, 0.05) is 25.0 Å². The van der Waals surface area contributed by atoms with Crippen LogP contribution in [-0.4, -0.2) is 58.4 Å². The number of hydrogen-bond donors (Lipinski definition) is 0. The highest BCUT2D eigenvalue weighted by Crippen LogP contribution is 2.41. The van der Waals surface area contributed by atoms with Gasteiger partial charge < -0.3 is 4.90 Å². The van der Waals surface area contributed by atoms with E-state index in [2.05, 4.69) is 37.5 Å². The number of urea groups is 1. The number of imide groups is 1. The molecule has 2 unspecified atom stereocenters. The fourth-order valence-corrected chi connectivity index (χ4v) is 4.18. The van der Waals surface area contributed by atoms with Crippen LogP contribution < -0.4 is 4.90 Å². The third-order valence-electron chi connectivity index (χ3n) is 6.02. The highest BCUT2D eigenvalue weighted by Gasteiger charge is 2.55. The molecule has 7 heteroatoms. The van der Waals surface area contributed by atoms with E-state index in [4.69, 9.17) is 4.99 Å². The number of aryl methyl sites for hydroxylation is 1. The van der Waals surface area contributed by atoms with Crippen LogP contribution in [0.3, 0.4) is 0 Å². The molecule has 0 saturated carbocycles. The van der Waals surface area contributed by atoms with Crippen molar-refractivity contribution in [3.8, 4) is 0 Å². The number of guanidine groups is 1. The van der Waals surface area contributed by atoms with E-state index >= 15 is 0 Å². The number of benzene rings is 1. The summed E-state index contributed by atoms with van der Waals surface area (Å²) in [5.41, 5.74) is 5.41. The van der Waals surface area contributed by atoms with Gasteiger partial charge in [-0.1, -0.05) is 18.2 Å². The maximum Gasteiger partial charge on any atom is 0.328 e. The normalized spacial score (nSPS) is 24.1. The van der Waals surface area contributed by atoms with Gasteiger partial charge in [-0.2, -0.15) is 0 Å². The maximum absolute atomic E-state index is 13.2. The van der Waals surface area contributed by atoms with Gasteiger partial charge >= 0.3 is 6.03 Å². The summed E-state index contributed by atoms with van der Waals surface area (Å²) in [6, 6.07) is 5.28. The van der Waals surface area contributed by atoms with Crippen molar-refractivity contribution in [2.45, 2.75) is 39.9 Å². The molecule has 0 N–H and O–H groups in total. The Kier molecular flexibility index (Phi) is 4.06. The second kappa shape index (κ2) is 6.22. The number of carbonyl (C=O) groups is 2. The number of hydrogen-bond acceptors (Lipinski definition) is 5. The van der Waals surface area contributed by atoms with Crippen LogP contribution in [0.25, 0.3) is 0 Å². The first-order valence-electron chi connectivity index (χ1n) is 9.39. The lowest BCUT2D eigenvalue weighted by atomic mass is 10.1. The Morgan fingerprint density at radius 3 is 2.54 bits per heavy atom. The van der Waals surface area contributed by atoms with Crippen LogP contribution >= 0.6 is 0 Å². The quantitative estimate of drug-likeness (QED) is 0.758. The van der Waals surface area contributed by atoms with Crippen molar-refractivity contribution >= 4 is 23.6 Å². The lowest BCUT2D eigenvalue weighted by Gasteiger charge is -2.40. The van der Waals surface area contributed by atoms with Crippen molar-refractivity contribution in [3.63, 3.8) is 0 Å². The molecular formula is C21H25N5O2. The Morgan fingerprint density at radius 2 is 1.86 bits per heavy atom. The molecule has 3 aliphatic heterocycles. The summed E-state index contributed by atoms with van der Waals surface area (Å²) in [5, 5.41) is 0. The Morgan fingerprint density at radius 1 is 1.14 bits per heavy atom. The summed E-state index contributed by atoms with van der Waals surface area (Å²) in [6.07, 6.45) is 1.04. The summed E-state index contributed by atoms with van der Waals surface area (Å²) in [7, 11) is 1.70. The number of nitrogens with zero attached hydrogens (tertiary/aromatic N) is 5. The lowest BCUT2D eigenvalue weighted by molar-refractivity contribution is -0.136. The van der Waals surface area contributed by atoms with Crippen molar-refractivity contribution in [3.05, 3.63) is 53.4 Å². The lowest BCUT2D eigenvalue weighted by Crippen LogP contribution is -2.64. The zero-order valence-corrected chi connectivity index (χ0v) is 16.9. The summed E-state index contributed by atoms with van der Waals surface area (Å²) in [5.74, 6) is 0.467. The number of allylic oxidation sites excluding steroid dienone is 2. The molecule has 1 fully saturated rings. The fraction of sp³-hybridized carbons (Fsp3) is 0.381. The zero-order chi connectivity index (χ0) is 20.3. The molecule has 2 atom stereocenters. The van der Waals surface area contributed by atoms with Crippen LogP contribution in [0.5, 0.6) is 0 Å². The van der Waals surface area contributed by atoms with E-state index in [1.165, 1.54) is 10.5 Å². The third kappa shape index (κ3) is 2.25. The van der Waals surface area contributed by atoms with Crippen molar-refractivity contribution in [1.29, 1.82) is 0 Å². The number of carbonyl (C=O) groups excluding carboxylic acids is 2. The molecule has 0 bridgehead atoms. The van der Waals surface area contributed by atoms with Crippen molar-refractivity contribution < 1.29 is 9.59 Å². The average Bonchev–Trinajstić information content (AvgIpc) is 3.16. The molecule has 4 rings (SSSR count). The van der Waals surface area contributed by atoms with Crippen LogP contribution in [0.1, 0.15) is 25.0 Å². The van der Waals surface area contributed by atoms with E-state index in [1.807, 2.05) is 24.8 Å². The SMILES string of the molecule is C=CCN1C(=O)C2C(N=C3N(c4cccc(C)c4C)C(C)=C(C)N32)N(C)C1=O. The second-order valence-corrected chi connectivity index (χ2v) is 7.51. The molecule has 0 spiro atoms. The van der Waals surface area contributed by atoms with Crippen molar-refractivity contribution in [2.75, 3.05) is 18.5 Å². The summed E-state index contributed by atoms with van der Waals surface area (Å²) >= 11 is 0. The van der Waals surface area contributed by atoms with E-state index in [9.17, 15) is 9.59 Å². The van der Waals surface area contributed by atoms with Gasteiger partial charge in [-0.15, -0.1) is 6.58 Å². The van der Waals surface area contributed by atoms with Gasteiger partial charge in [-0.3, -0.25) is 19.5 Å². The molecule has 3 aliphatic rings. The van der Waals surface area contributed by atoms with E-state index < -0.39 is 12.2 Å². The number of rotatable bonds is 3. The van der Waals surface area contributed by atoms with Gasteiger partial charge in [0.2, 0.25) is 5.96 Å². The molecule has 1 aromatic carbocycles. The molecule has 7 nitrogen and oxygen atoms in total. The number of amides is 3. The van der Waals surface area contributed by atoms with Crippen LogP contribution in [0.2, 0.25) is 0 Å².